The molecule has 7 heteroatoms. The molecule has 35 heavy (non-hydrogen) atoms. The molecule has 0 atom stereocenters. The first kappa shape index (κ1) is 24.1. The molecule has 1 amide bonds. The number of piperazine rings is 1. The first-order chi connectivity index (χ1) is 17.0. The summed E-state index contributed by atoms with van der Waals surface area (Å²) in [4.78, 5) is 22.4. The van der Waals surface area contributed by atoms with Gasteiger partial charge in [0.1, 0.15) is 11.5 Å². The number of para-hydroxylation sites is 2. The summed E-state index contributed by atoms with van der Waals surface area (Å²) >= 11 is 0. The summed E-state index contributed by atoms with van der Waals surface area (Å²) in [6.07, 6.45) is 0. The Bertz CT molecular complexity index is 1180. The number of aryl methyl sites for hydroxylation is 2. The van der Waals surface area contributed by atoms with E-state index in [2.05, 4.69) is 27.2 Å². The number of amides is 1. The van der Waals surface area contributed by atoms with Crippen LogP contribution in [0.2, 0.25) is 0 Å². The van der Waals surface area contributed by atoms with Gasteiger partial charge in [-0.15, -0.1) is 0 Å². The number of benzene rings is 3. The summed E-state index contributed by atoms with van der Waals surface area (Å²) in [5.74, 6) is 1.91. The van der Waals surface area contributed by atoms with E-state index in [1.807, 2.05) is 44.2 Å². The minimum absolute atomic E-state index is 0.206. The summed E-state index contributed by atoms with van der Waals surface area (Å²) in [7, 11) is 3.30. The van der Waals surface area contributed by atoms with Gasteiger partial charge in [-0.3, -0.25) is 10.1 Å². The fourth-order valence-electron chi connectivity index (χ4n) is 4.28. The maximum absolute atomic E-state index is 13.1. The highest BCUT2D eigenvalue weighted by molar-refractivity contribution is 6.06. The second-order valence-corrected chi connectivity index (χ2v) is 8.61. The number of carbonyl (C=O) groups excluding carboxylic acids is 1. The van der Waals surface area contributed by atoms with E-state index in [-0.39, 0.29) is 5.91 Å². The lowest BCUT2D eigenvalue weighted by Gasteiger charge is -2.38. The zero-order valence-electron chi connectivity index (χ0n) is 20.7. The smallest absolute Gasteiger partial charge is 0.257 e. The van der Waals surface area contributed by atoms with Crippen molar-refractivity contribution in [1.29, 1.82) is 0 Å². The van der Waals surface area contributed by atoms with Gasteiger partial charge in [0, 0.05) is 31.7 Å². The Morgan fingerprint density at radius 3 is 2.14 bits per heavy atom. The largest absolute Gasteiger partial charge is 0.497 e. The zero-order valence-corrected chi connectivity index (χ0v) is 20.7. The van der Waals surface area contributed by atoms with Crippen LogP contribution in [0.1, 0.15) is 21.5 Å². The van der Waals surface area contributed by atoms with Crippen molar-refractivity contribution in [3.63, 3.8) is 0 Å². The highest BCUT2D eigenvalue weighted by Gasteiger charge is 2.23. The Labute approximate surface area is 207 Å². The molecule has 4 rings (SSSR count). The summed E-state index contributed by atoms with van der Waals surface area (Å²) in [5.41, 5.74) is 4.70. The van der Waals surface area contributed by atoms with Gasteiger partial charge >= 0.3 is 0 Å². The molecule has 0 saturated carbocycles. The van der Waals surface area contributed by atoms with E-state index in [0.29, 0.717) is 30.4 Å². The molecule has 0 bridgehead atoms. The topological polar surface area (TPSA) is 66.4 Å². The molecular weight excluding hydrogens is 440 g/mol. The van der Waals surface area contributed by atoms with Gasteiger partial charge in [-0.1, -0.05) is 18.2 Å². The summed E-state index contributed by atoms with van der Waals surface area (Å²) in [5, 5.41) is 3.06. The van der Waals surface area contributed by atoms with Crippen LogP contribution in [0.25, 0.3) is 0 Å². The van der Waals surface area contributed by atoms with Crippen molar-refractivity contribution in [2.24, 2.45) is 4.99 Å². The molecule has 1 N–H and O–H groups in total. The number of guanidine groups is 1. The lowest BCUT2D eigenvalue weighted by molar-refractivity contribution is 0.0971. The van der Waals surface area contributed by atoms with Crippen LogP contribution in [-0.2, 0) is 0 Å². The molecule has 7 nitrogen and oxygen atoms in total. The second-order valence-electron chi connectivity index (χ2n) is 8.61. The summed E-state index contributed by atoms with van der Waals surface area (Å²) in [6.45, 7) is 7.09. The predicted octanol–water partition coefficient (Wildman–Crippen LogP) is 4.56. The normalized spacial score (nSPS) is 14.0. The molecule has 1 heterocycles. The standard InChI is InChI=1S/C28H32N4O3/c1-20-17-21(2)19-23(18-20)29-28(30-27(33)22-9-11-24(34-3)12-10-22)32-15-13-31(14-16-32)25-7-5-6-8-26(25)35-4/h5-12,17-19H,13-16H2,1-4H3,(H,29,30,33). The van der Waals surface area contributed by atoms with Crippen LogP contribution in [0.15, 0.2) is 71.7 Å². The van der Waals surface area contributed by atoms with Gasteiger partial charge in [-0.2, -0.15) is 0 Å². The molecule has 1 saturated heterocycles. The van der Waals surface area contributed by atoms with Gasteiger partial charge in [0.2, 0.25) is 5.96 Å². The molecule has 0 spiro atoms. The molecule has 1 fully saturated rings. The lowest BCUT2D eigenvalue weighted by Crippen LogP contribution is -2.53. The van der Waals surface area contributed by atoms with Gasteiger partial charge in [0.15, 0.2) is 0 Å². The van der Waals surface area contributed by atoms with Crippen LogP contribution in [0.3, 0.4) is 0 Å². The van der Waals surface area contributed by atoms with Crippen molar-refractivity contribution in [1.82, 2.24) is 10.2 Å². The minimum Gasteiger partial charge on any atom is -0.497 e. The number of ether oxygens (including phenoxy) is 2. The van der Waals surface area contributed by atoms with Crippen molar-refractivity contribution < 1.29 is 14.3 Å². The van der Waals surface area contributed by atoms with Gasteiger partial charge < -0.3 is 19.3 Å². The number of anilines is 1. The highest BCUT2D eigenvalue weighted by atomic mass is 16.5. The van der Waals surface area contributed by atoms with E-state index in [0.717, 1.165) is 41.3 Å². The van der Waals surface area contributed by atoms with Crippen molar-refractivity contribution in [2.45, 2.75) is 13.8 Å². The molecule has 0 unspecified atom stereocenters. The van der Waals surface area contributed by atoms with Crippen molar-refractivity contribution in [2.75, 3.05) is 45.3 Å². The summed E-state index contributed by atoms with van der Waals surface area (Å²) in [6, 6.07) is 21.3. The van der Waals surface area contributed by atoms with Crippen LogP contribution in [0.5, 0.6) is 11.5 Å². The van der Waals surface area contributed by atoms with Gasteiger partial charge in [0.25, 0.3) is 5.91 Å². The SMILES string of the molecule is COc1ccc(C(=O)NC(=Nc2cc(C)cc(C)c2)N2CCN(c3ccccc3OC)CC2)cc1. The van der Waals surface area contributed by atoms with E-state index in [1.54, 1.807) is 38.5 Å². The Balaban J connectivity index is 1.57. The number of nitrogens with zero attached hydrogens (tertiary/aromatic N) is 3. The first-order valence-corrected chi connectivity index (χ1v) is 11.7. The number of methoxy groups -OCH3 is 2. The Morgan fingerprint density at radius 2 is 1.51 bits per heavy atom. The van der Waals surface area contributed by atoms with Crippen LogP contribution < -0.4 is 19.7 Å². The highest BCUT2D eigenvalue weighted by Crippen LogP contribution is 2.28. The quantitative estimate of drug-likeness (QED) is 0.436. The third kappa shape index (κ3) is 5.93. The Morgan fingerprint density at radius 1 is 0.857 bits per heavy atom. The molecule has 1 aliphatic heterocycles. The molecule has 3 aromatic carbocycles. The van der Waals surface area contributed by atoms with E-state index in [4.69, 9.17) is 14.5 Å². The fraction of sp³-hybridized carbons (Fsp3) is 0.286. The molecule has 1 aliphatic rings. The molecule has 3 aromatic rings. The van der Waals surface area contributed by atoms with Gasteiger partial charge in [0.05, 0.1) is 25.6 Å². The van der Waals surface area contributed by atoms with Crippen molar-refractivity contribution >= 4 is 23.2 Å². The third-order valence-corrected chi connectivity index (χ3v) is 6.02. The number of hydrogen-bond donors (Lipinski definition) is 1. The van der Waals surface area contributed by atoms with E-state index in [1.165, 1.54) is 0 Å². The number of carbonyl (C=O) groups is 1. The van der Waals surface area contributed by atoms with Crippen LogP contribution in [-0.4, -0.2) is 57.2 Å². The molecule has 0 aromatic heterocycles. The fourth-order valence-corrected chi connectivity index (χ4v) is 4.28. The zero-order chi connectivity index (χ0) is 24.8. The number of nitrogens with one attached hydrogen (secondary N) is 1. The average molecular weight is 473 g/mol. The Hall–Kier alpha value is -4.00. The molecule has 182 valence electrons. The van der Waals surface area contributed by atoms with Gasteiger partial charge in [-0.05, 0) is 73.5 Å². The number of aliphatic imine (C=N–C) groups is 1. The van der Waals surface area contributed by atoms with Crippen LogP contribution in [0.4, 0.5) is 11.4 Å². The molecule has 0 radical (unpaired) electrons. The van der Waals surface area contributed by atoms with Crippen LogP contribution >= 0.6 is 0 Å². The third-order valence-electron chi connectivity index (χ3n) is 6.02. The average Bonchev–Trinajstić information content (AvgIpc) is 2.88. The number of rotatable bonds is 5. The molecular formula is C28H32N4O3. The maximum Gasteiger partial charge on any atom is 0.257 e. The monoisotopic (exact) mass is 472 g/mol. The Kier molecular flexibility index (Phi) is 7.55. The van der Waals surface area contributed by atoms with E-state index >= 15 is 0 Å². The second kappa shape index (κ2) is 11.0. The predicted molar refractivity (Wildman–Crippen MR) is 140 cm³/mol. The minimum atomic E-state index is -0.206. The molecule has 0 aliphatic carbocycles. The summed E-state index contributed by atoms with van der Waals surface area (Å²) < 4.78 is 10.8. The lowest BCUT2D eigenvalue weighted by atomic mass is 10.1. The van der Waals surface area contributed by atoms with Gasteiger partial charge in [-0.25, -0.2) is 4.99 Å². The maximum atomic E-state index is 13.1. The van der Waals surface area contributed by atoms with Crippen molar-refractivity contribution in [3.05, 3.63) is 83.4 Å². The number of hydrogen-bond acceptors (Lipinski definition) is 5. The van der Waals surface area contributed by atoms with E-state index < -0.39 is 0 Å². The first-order valence-electron chi connectivity index (χ1n) is 11.7. The van der Waals surface area contributed by atoms with Crippen LogP contribution in [0, 0.1) is 13.8 Å². The van der Waals surface area contributed by atoms with Crippen molar-refractivity contribution in [3.8, 4) is 11.5 Å². The van der Waals surface area contributed by atoms with E-state index in [9.17, 15) is 4.79 Å².